The topological polar surface area (TPSA) is 68.5 Å². The molecule has 0 saturated heterocycles. The first-order chi connectivity index (χ1) is 13.1. The number of hydrogen-bond donors (Lipinski definition) is 1. The number of halogens is 3. The van der Waals surface area contributed by atoms with Gasteiger partial charge in [0.05, 0.1) is 11.1 Å². The van der Waals surface area contributed by atoms with Crippen molar-refractivity contribution in [1.29, 1.82) is 0 Å². The van der Waals surface area contributed by atoms with E-state index in [0.29, 0.717) is 16.6 Å². The van der Waals surface area contributed by atoms with Gasteiger partial charge in [0.1, 0.15) is 12.3 Å². The Hall–Kier alpha value is -3.29. The number of fused-ring (bicyclic) bond motifs is 1. The maximum absolute atomic E-state index is 13.0. The molecule has 1 N–H and O–H groups in total. The molecule has 3 aromatic rings. The third kappa shape index (κ3) is 3.85. The van der Waals surface area contributed by atoms with Crippen LogP contribution in [0.4, 0.5) is 13.2 Å². The van der Waals surface area contributed by atoms with E-state index in [2.05, 4.69) is 4.74 Å². The van der Waals surface area contributed by atoms with Gasteiger partial charge in [0, 0.05) is 22.7 Å². The average molecular weight is 391 g/mol. The SMILES string of the molecule is Cc1ccc(C(=O)c2c(C)n(CC(=O)O)c3cc(OC(F)(F)F)ccc23)cc1. The second-order valence-corrected chi connectivity index (χ2v) is 6.36. The van der Waals surface area contributed by atoms with E-state index in [1.165, 1.54) is 10.6 Å². The molecule has 1 aromatic heterocycles. The number of ketones is 1. The predicted molar refractivity (Wildman–Crippen MR) is 95.6 cm³/mol. The summed E-state index contributed by atoms with van der Waals surface area (Å²) in [6, 6.07) is 10.4. The number of aliphatic carboxylic acids is 1. The molecule has 0 spiro atoms. The van der Waals surface area contributed by atoms with Crippen LogP contribution in [-0.4, -0.2) is 27.8 Å². The predicted octanol–water partition coefficient (Wildman–Crippen LogP) is 4.47. The largest absolute Gasteiger partial charge is 0.573 e. The highest BCUT2D eigenvalue weighted by Crippen LogP contribution is 2.33. The lowest BCUT2D eigenvalue weighted by Gasteiger charge is -2.10. The van der Waals surface area contributed by atoms with Crippen LogP contribution in [0.5, 0.6) is 5.75 Å². The summed E-state index contributed by atoms with van der Waals surface area (Å²) in [6.45, 7) is 2.94. The molecule has 0 aliphatic heterocycles. The lowest BCUT2D eigenvalue weighted by molar-refractivity contribution is -0.274. The van der Waals surface area contributed by atoms with Crippen LogP contribution in [0.2, 0.25) is 0 Å². The van der Waals surface area contributed by atoms with Crippen LogP contribution in [0, 0.1) is 13.8 Å². The summed E-state index contributed by atoms with van der Waals surface area (Å²) in [5, 5.41) is 9.55. The number of aryl methyl sites for hydroxylation is 1. The normalized spacial score (nSPS) is 11.6. The highest BCUT2D eigenvalue weighted by atomic mass is 19.4. The molecule has 0 atom stereocenters. The van der Waals surface area contributed by atoms with Gasteiger partial charge in [-0.3, -0.25) is 9.59 Å². The Bertz CT molecular complexity index is 1070. The molecule has 8 heteroatoms. The minimum Gasteiger partial charge on any atom is -0.480 e. The van der Waals surface area contributed by atoms with Gasteiger partial charge >= 0.3 is 12.3 Å². The molecule has 3 rings (SSSR count). The highest BCUT2D eigenvalue weighted by molar-refractivity contribution is 6.17. The molecule has 0 fully saturated rings. The van der Waals surface area contributed by atoms with Gasteiger partial charge in [-0.25, -0.2) is 0 Å². The maximum Gasteiger partial charge on any atom is 0.573 e. The van der Waals surface area contributed by atoms with Crippen LogP contribution in [0.3, 0.4) is 0 Å². The number of nitrogens with zero attached hydrogens (tertiary/aromatic N) is 1. The summed E-state index contributed by atoms with van der Waals surface area (Å²) in [5.74, 6) is -2.01. The van der Waals surface area contributed by atoms with Crippen molar-refractivity contribution in [2.75, 3.05) is 0 Å². The number of benzene rings is 2. The second-order valence-electron chi connectivity index (χ2n) is 6.36. The maximum atomic E-state index is 13.0. The molecule has 0 radical (unpaired) electrons. The number of carbonyl (C=O) groups is 2. The van der Waals surface area contributed by atoms with Crippen molar-refractivity contribution in [1.82, 2.24) is 4.57 Å². The molecule has 0 saturated carbocycles. The Morgan fingerprint density at radius 2 is 1.71 bits per heavy atom. The molecule has 0 aliphatic rings. The number of carbonyl (C=O) groups excluding carboxylic acids is 1. The van der Waals surface area contributed by atoms with Crippen molar-refractivity contribution in [3.05, 3.63) is 64.8 Å². The summed E-state index contributed by atoms with van der Waals surface area (Å²) in [7, 11) is 0. The van der Waals surface area contributed by atoms with E-state index in [9.17, 15) is 27.9 Å². The Labute approximate surface area is 158 Å². The fraction of sp³-hybridized carbons (Fsp3) is 0.200. The van der Waals surface area contributed by atoms with Crippen molar-refractivity contribution >= 4 is 22.7 Å². The monoisotopic (exact) mass is 391 g/mol. The summed E-state index contributed by atoms with van der Waals surface area (Å²) in [5.41, 5.74) is 2.15. The zero-order chi connectivity index (χ0) is 20.6. The van der Waals surface area contributed by atoms with Gasteiger partial charge in [0.2, 0.25) is 0 Å². The first-order valence-corrected chi connectivity index (χ1v) is 8.28. The van der Waals surface area contributed by atoms with Gasteiger partial charge in [-0.15, -0.1) is 13.2 Å². The summed E-state index contributed by atoms with van der Waals surface area (Å²) >= 11 is 0. The van der Waals surface area contributed by atoms with E-state index in [1.54, 1.807) is 31.2 Å². The molecule has 2 aromatic carbocycles. The molecule has 0 amide bonds. The minimum absolute atomic E-state index is 0.178. The average Bonchev–Trinajstić information content (AvgIpc) is 2.85. The lowest BCUT2D eigenvalue weighted by atomic mass is 9.99. The van der Waals surface area contributed by atoms with Crippen LogP contribution in [-0.2, 0) is 11.3 Å². The number of carboxylic acid groups (broad SMARTS) is 1. The Morgan fingerprint density at radius 3 is 2.29 bits per heavy atom. The van der Waals surface area contributed by atoms with Crippen molar-refractivity contribution in [2.45, 2.75) is 26.8 Å². The Balaban J connectivity index is 2.19. The van der Waals surface area contributed by atoms with Crippen LogP contribution >= 0.6 is 0 Å². The van der Waals surface area contributed by atoms with Gasteiger partial charge in [0.15, 0.2) is 5.78 Å². The third-order valence-corrected chi connectivity index (χ3v) is 4.36. The number of aromatic nitrogens is 1. The number of carboxylic acids is 1. The van der Waals surface area contributed by atoms with E-state index in [-0.39, 0.29) is 16.9 Å². The van der Waals surface area contributed by atoms with Crippen molar-refractivity contribution in [2.24, 2.45) is 0 Å². The van der Waals surface area contributed by atoms with Crippen LogP contribution in [0.25, 0.3) is 10.9 Å². The third-order valence-electron chi connectivity index (χ3n) is 4.36. The Morgan fingerprint density at radius 1 is 1.07 bits per heavy atom. The molecule has 28 heavy (non-hydrogen) atoms. The molecule has 0 bridgehead atoms. The molecule has 0 aliphatic carbocycles. The van der Waals surface area contributed by atoms with Crippen molar-refractivity contribution < 1.29 is 32.6 Å². The molecular formula is C20H16F3NO4. The van der Waals surface area contributed by atoms with Gasteiger partial charge < -0.3 is 14.4 Å². The number of hydrogen-bond acceptors (Lipinski definition) is 3. The van der Waals surface area contributed by atoms with Crippen LogP contribution in [0.15, 0.2) is 42.5 Å². The number of ether oxygens (including phenoxy) is 1. The fourth-order valence-corrected chi connectivity index (χ4v) is 3.13. The van der Waals surface area contributed by atoms with E-state index in [4.69, 9.17) is 0 Å². The first-order valence-electron chi connectivity index (χ1n) is 8.28. The van der Waals surface area contributed by atoms with E-state index in [1.807, 2.05) is 6.92 Å². The molecule has 0 unspecified atom stereocenters. The smallest absolute Gasteiger partial charge is 0.480 e. The lowest BCUT2D eigenvalue weighted by Crippen LogP contribution is -2.17. The van der Waals surface area contributed by atoms with Gasteiger partial charge in [-0.05, 0) is 26.0 Å². The van der Waals surface area contributed by atoms with Gasteiger partial charge in [-0.1, -0.05) is 29.8 Å². The van der Waals surface area contributed by atoms with E-state index >= 15 is 0 Å². The summed E-state index contributed by atoms with van der Waals surface area (Å²) < 4.78 is 42.8. The van der Waals surface area contributed by atoms with Crippen LogP contribution in [0.1, 0.15) is 27.2 Å². The molecule has 1 heterocycles. The fourth-order valence-electron chi connectivity index (χ4n) is 3.13. The van der Waals surface area contributed by atoms with E-state index in [0.717, 1.165) is 17.7 Å². The first kappa shape index (κ1) is 19.5. The molecular weight excluding hydrogens is 375 g/mol. The zero-order valence-electron chi connectivity index (χ0n) is 15.0. The van der Waals surface area contributed by atoms with Gasteiger partial charge in [0.25, 0.3) is 0 Å². The van der Waals surface area contributed by atoms with Crippen LogP contribution < -0.4 is 4.74 Å². The van der Waals surface area contributed by atoms with Gasteiger partial charge in [-0.2, -0.15) is 0 Å². The number of rotatable bonds is 5. The summed E-state index contributed by atoms with van der Waals surface area (Å²) in [6.07, 6.45) is -4.88. The number of alkyl halides is 3. The van der Waals surface area contributed by atoms with Crippen molar-refractivity contribution in [3.63, 3.8) is 0 Å². The van der Waals surface area contributed by atoms with Crippen molar-refractivity contribution in [3.8, 4) is 5.75 Å². The Kier molecular flexibility index (Phi) is 4.89. The van der Waals surface area contributed by atoms with E-state index < -0.39 is 24.6 Å². The molecule has 5 nitrogen and oxygen atoms in total. The quantitative estimate of drug-likeness (QED) is 0.652. The minimum atomic E-state index is -4.88. The standard InChI is InChI=1S/C20H16F3NO4/c1-11-3-5-13(6-4-11)19(27)18-12(2)24(10-17(25)26)16-9-14(7-8-15(16)18)28-20(21,22)23/h3-9H,10H2,1-2H3,(H,25,26). The molecule has 146 valence electrons. The zero-order valence-corrected chi connectivity index (χ0v) is 15.0. The summed E-state index contributed by atoms with van der Waals surface area (Å²) in [4.78, 5) is 24.3. The highest BCUT2D eigenvalue weighted by Gasteiger charge is 2.31. The second kappa shape index (κ2) is 7.03.